The highest BCUT2D eigenvalue weighted by Crippen LogP contribution is 2.27. The molecule has 1 N–H and O–H groups in total. The molecule has 2 rings (SSSR count). The lowest BCUT2D eigenvalue weighted by atomic mass is 9.97. The maximum Gasteiger partial charge on any atom is 0.261 e. The minimum atomic E-state index is -0.588. The van der Waals surface area contributed by atoms with Crippen molar-refractivity contribution in [3.63, 3.8) is 0 Å². The zero-order valence-electron chi connectivity index (χ0n) is 16.4. The van der Waals surface area contributed by atoms with E-state index in [1.165, 1.54) is 11.1 Å². The Morgan fingerprint density at radius 3 is 2.23 bits per heavy atom. The summed E-state index contributed by atoms with van der Waals surface area (Å²) in [5.41, 5.74) is 5.44. The number of hydrogen-bond donors (Lipinski definition) is 1. The Balaban J connectivity index is 2.10. The molecule has 2 atom stereocenters. The lowest BCUT2D eigenvalue weighted by Gasteiger charge is -2.23. The first-order valence-corrected chi connectivity index (χ1v) is 9.41. The number of aryl methyl sites for hydroxylation is 4. The van der Waals surface area contributed by atoms with Crippen molar-refractivity contribution in [1.82, 2.24) is 5.32 Å². The summed E-state index contributed by atoms with van der Waals surface area (Å²) >= 11 is 6.20. The second-order valence-electron chi connectivity index (χ2n) is 6.96. The number of benzene rings is 2. The summed E-state index contributed by atoms with van der Waals surface area (Å²) in [6, 6.07) is 10.0. The molecule has 0 spiro atoms. The second-order valence-corrected chi connectivity index (χ2v) is 7.34. The fourth-order valence-electron chi connectivity index (χ4n) is 3.14. The monoisotopic (exact) mass is 373 g/mol. The van der Waals surface area contributed by atoms with E-state index in [-0.39, 0.29) is 11.9 Å². The average Bonchev–Trinajstić information content (AvgIpc) is 2.57. The highest BCUT2D eigenvalue weighted by Gasteiger charge is 2.20. The molecule has 2 aromatic rings. The molecule has 0 bridgehead atoms. The first-order chi connectivity index (χ1) is 12.2. The van der Waals surface area contributed by atoms with E-state index in [2.05, 4.69) is 44.3 Å². The topological polar surface area (TPSA) is 38.3 Å². The van der Waals surface area contributed by atoms with Gasteiger partial charge in [-0.05, 0) is 75.4 Å². The molecule has 0 fully saturated rings. The van der Waals surface area contributed by atoms with E-state index in [0.717, 1.165) is 28.1 Å². The Morgan fingerprint density at radius 1 is 1.08 bits per heavy atom. The third-order valence-electron chi connectivity index (χ3n) is 4.62. The Hall–Kier alpha value is -2.00. The molecule has 0 radical (unpaired) electrons. The fraction of sp³-hybridized carbons (Fsp3) is 0.409. The summed E-state index contributed by atoms with van der Waals surface area (Å²) in [4.78, 5) is 12.6. The molecule has 2 aromatic carbocycles. The van der Waals surface area contributed by atoms with Crippen LogP contribution in [0.15, 0.2) is 30.3 Å². The molecule has 0 aliphatic carbocycles. The average molecular weight is 374 g/mol. The van der Waals surface area contributed by atoms with Gasteiger partial charge >= 0.3 is 0 Å². The SMILES string of the molecule is CCC(NC(=O)C(C)Oc1cc(C)c(Cl)c(C)c1)c1ccc(C)cc1C. The van der Waals surface area contributed by atoms with Crippen LogP contribution in [0.4, 0.5) is 0 Å². The Morgan fingerprint density at radius 2 is 1.69 bits per heavy atom. The number of ether oxygens (including phenoxy) is 1. The van der Waals surface area contributed by atoms with Crippen molar-refractivity contribution < 1.29 is 9.53 Å². The van der Waals surface area contributed by atoms with Crippen LogP contribution in [0, 0.1) is 27.7 Å². The third kappa shape index (κ3) is 4.79. The molecule has 4 heteroatoms. The van der Waals surface area contributed by atoms with Crippen molar-refractivity contribution in [3.05, 3.63) is 63.2 Å². The number of carbonyl (C=O) groups is 1. The molecule has 0 aliphatic rings. The summed E-state index contributed by atoms with van der Waals surface area (Å²) in [6.07, 6.45) is 0.233. The van der Waals surface area contributed by atoms with Gasteiger partial charge in [0, 0.05) is 5.02 Å². The van der Waals surface area contributed by atoms with Crippen LogP contribution in [0.5, 0.6) is 5.75 Å². The summed E-state index contributed by atoms with van der Waals surface area (Å²) in [6.45, 7) is 11.9. The molecule has 140 valence electrons. The first-order valence-electron chi connectivity index (χ1n) is 9.03. The van der Waals surface area contributed by atoms with Crippen LogP contribution in [0.3, 0.4) is 0 Å². The number of hydrogen-bond acceptors (Lipinski definition) is 2. The Labute approximate surface area is 161 Å². The summed E-state index contributed by atoms with van der Waals surface area (Å²) in [7, 11) is 0. The summed E-state index contributed by atoms with van der Waals surface area (Å²) in [5.74, 6) is 0.536. The van der Waals surface area contributed by atoms with Crippen molar-refractivity contribution >= 4 is 17.5 Å². The fourth-order valence-corrected chi connectivity index (χ4v) is 3.25. The van der Waals surface area contributed by atoms with Gasteiger partial charge in [-0.1, -0.05) is 42.3 Å². The molecule has 0 aliphatic heterocycles. The van der Waals surface area contributed by atoms with E-state index in [0.29, 0.717) is 5.75 Å². The Bertz CT molecular complexity index is 778. The zero-order valence-corrected chi connectivity index (χ0v) is 17.2. The van der Waals surface area contributed by atoms with Gasteiger partial charge in [-0.2, -0.15) is 0 Å². The van der Waals surface area contributed by atoms with E-state index in [4.69, 9.17) is 16.3 Å². The van der Waals surface area contributed by atoms with Crippen LogP contribution >= 0.6 is 11.6 Å². The van der Waals surface area contributed by atoms with Crippen LogP contribution in [-0.4, -0.2) is 12.0 Å². The molecule has 26 heavy (non-hydrogen) atoms. The second kappa shape index (κ2) is 8.59. The van der Waals surface area contributed by atoms with Gasteiger partial charge in [0.1, 0.15) is 5.75 Å². The van der Waals surface area contributed by atoms with E-state index < -0.39 is 6.10 Å². The maximum atomic E-state index is 12.6. The van der Waals surface area contributed by atoms with Crippen LogP contribution in [0.1, 0.15) is 54.1 Å². The van der Waals surface area contributed by atoms with Gasteiger partial charge in [0.25, 0.3) is 5.91 Å². The predicted octanol–water partition coefficient (Wildman–Crippen LogP) is 5.61. The lowest BCUT2D eigenvalue weighted by molar-refractivity contribution is -0.128. The minimum absolute atomic E-state index is 0.0251. The van der Waals surface area contributed by atoms with Gasteiger partial charge in [-0.15, -0.1) is 0 Å². The molecule has 2 unspecified atom stereocenters. The molecule has 0 aromatic heterocycles. The summed E-state index contributed by atoms with van der Waals surface area (Å²) in [5, 5.41) is 3.85. The first kappa shape index (κ1) is 20.3. The molecular weight excluding hydrogens is 346 g/mol. The van der Waals surface area contributed by atoms with Gasteiger partial charge in [-0.25, -0.2) is 0 Å². The van der Waals surface area contributed by atoms with Crippen LogP contribution in [-0.2, 0) is 4.79 Å². The van der Waals surface area contributed by atoms with Crippen LogP contribution in [0.25, 0.3) is 0 Å². The largest absolute Gasteiger partial charge is 0.481 e. The van der Waals surface area contributed by atoms with Crippen LogP contribution in [0.2, 0.25) is 5.02 Å². The third-order valence-corrected chi connectivity index (χ3v) is 5.21. The van der Waals surface area contributed by atoms with Crippen molar-refractivity contribution in [2.45, 2.75) is 60.1 Å². The van der Waals surface area contributed by atoms with Gasteiger partial charge in [0.2, 0.25) is 0 Å². The lowest BCUT2D eigenvalue weighted by Crippen LogP contribution is -2.38. The van der Waals surface area contributed by atoms with Gasteiger partial charge in [-0.3, -0.25) is 4.79 Å². The van der Waals surface area contributed by atoms with Gasteiger partial charge < -0.3 is 10.1 Å². The van der Waals surface area contributed by atoms with Crippen molar-refractivity contribution in [2.75, 3.05) is 0 Å². The van der Waals surface area contributed by atoms with E-state index in [9.17, 15) is 4.79 Å². The number of nitrogens with one attached hydrogen (secondary N) is 1. The molecule has 0 saturated heterocycles. The Kier molecular flexibility index (Phi) is 6.71. The number of carbonyl (C=O) groups excluding carboxylic acids is 1. The number of rotatable bonds is 6. The highest BCUT2D eigenvalue weighted by atomic mass is 35.5. The maximum absolute atomic E-state index is 12.6. The number of halogens is 1. The van der Waals surface area contributed by atoms with Crippen molar-refractivity contribution in [2.24, 2.45) is 0 Å². The minimum Gasteiger partial charge on any atom is -0.481 e. The van der Waals surface area contributed by atoms with Crippen molar-refractivity contribution in [1.29, 1.82) is 0 Å². The molecule has 3 nitrogen and oxygen atoms in total. The molecule has 1 amide bonds. The number of amides is 1. The molecule has 0 saturated carbocycles. The van der Waals surface area contributed by atoms with Crippen LogP contribution < -0.4 is 10.1 Å². The normalized spacial score (nSPS) is 13.2. The smallest absolute Gasteiger partial charge is 0.261 e. The van der Waals surface area contributed by atoms with Crippen molar-refractivity contribution in [3.8, 4) is 5.75 Å². The quantitative estimate of drug-likeness (QED) is 0.714. The van der Waals surface area contributed by atoms with Gasteiger partial charge in [0.15, 0.2) is 6.10 Å². The van der Waals surface area contributed by atoms with E-state index in [1.54, 1.807) is 6.92 Å². The highest BCUT2D eigenvalue weighted by molar-refractivity contribution is 6.32. The van der Waals surface area contributed by atoms with E-state index in [1.807, 2.05) is 26.0 Å². The van der Waals surface area contributed by atoms with Gasteiger partial charge in [0.05, 0.1) is 6.04 Å². The molecular formula is C22H28ClNO2. The standard InChI is InChI=1S/C22H28ClNO2/c1-7-20(19-9-8-13(2)10-14(19)3)24-22(25)17(6)26-18-11-15(4)21(23)16(5)12-18/h8-12,17,20H,7H2,1-6H3,(H,24,25). The molecule has 0 heterocycles. The van der Waals surface area contributed by atoms with E-state index >= 15 is 0 Å². The predicted molar refractivity (Wildman–Crippen MR) is 108 cm³/mol. The zero-order chi connectivity index (χ0) is 19.4. The summed E-state index contributed by atoms with van der Waals surface area (Å²) < 4.78 is 5.85.